The molecule has 0 aromatic rings. The highest BCUT2D eigenvalue weighted by molar-refractivity contribution is 5.01. The highest BCUT2D eigenvalue weighted by Crippen LogP contribution is 2.44. The van der Waals surface area contributed by atoms with Crippen LogP contribution in [0.5, 0.6) is 0 Å². The van der Waals surface area contributed by atoms with Crippen LogP contribution in [0, 0.1) is 5.41 Å². The third-order valence-electron chi connectivity index (χ3n) is 5.15. The molecule has 2 aliphatic rings. The van der Waals surface area contributed by atoms with Crippen molar-refractivity contribution in [1.29, 1.82) is 0 Å². The number of rotatable bonds is 2. The predicted molar refractivity (Wildman–Crippen MR) is 80.2 cm³/mol. The summed E-state index contributed by atoms with van der Waals surface area (Å²) in [6.45, 7) is 14.2. The Balaban J connectivity index is 2.13. The Morgan fingerprint density at radius 2 is 1.68 bits per heavy atom. The molecule has 1 aliphatic carbocycles. The lowest BCUT2D eigenvalue weighted by Gasteiger charge is -2.54. The largest absolute Gasteiger partial charge is 0.370 e. The van der Waals surface area contributed by atoms with Crippen molar-refractivity contribution in [3.05, 3.63) is 0 Å². The molecule has 19 heavy (non-hydrogen) atoms. The molecule has 0 radical (unpaired) electrons. The summed E-state index contributed by atoms with van der Waals surface area (Å²) < 4.78 is 6.04. The maximum atomic E-state index is 6.21. The van der Waals surface area contributed by atoms with Crippen LogP contribution < -0.4 is 5.73 Å². The van der Waals surface area contributed by atoms with E-state index in [0.29, 0.717) is 11.5 Å². The van der Waals surface area contributed by atoms with Crippen LogP contribution in [0.2, 0.25) is 0 Å². The maximum Gasteiger partial charge on any atom is 0.0757 e. The third kappa shape index (κ3) is 3.32. The SMILES string of the molecule is CC1CN(C2(CN)CCC(C)(C)CC2)CC(C)(C)O1. The molecule has 0 aromatic carbocycles. The van der Waals surface area contributed by atoms with Crippen LogP contribution in [-0.2, 0) is 4.74 Å². The van der Waals surface area contributed by atoms with Gasteiger partial charge in [-0.25, -0.2) is 0 Å². The summed E-state index contributed by atoms with van der Waals surface area (Å²) in [7, 11) is 0. The zero-order valence-corrected chi connectivity index (χ0v) is 13.5. The molecule has 112 valence electrons. The maximum absolute atomic E-state index is 6.21. The first-order valence-corrected chi connectivity index (χ1v) is 7.81. The second-order valence-electron chi connectivity index (χ2n) is 8.16. The number of hydrogen-bond donors (Lipinski definition) is 1. The molecule has 1 aliphatic heterocycles. The summed E-state index contributed by atoms with van der Waals surface area (Å²) in [4.78, 5) is 2.64. The molecule has 1 saturated heterocycles. The number of morpholine rings is 1. The number of nitrogens with two attached hydrogens (primary N) is 1. The van der Waals surface area contributed by atoms with Gasteiger partial charge in [0.1, 0.15) is 0 Å². The summed E-state index contributed by atoms with van der Waals surface area (Å²) in [5, 5.41) is 0. The summed E-state index contributed by atoms with van der Waals surface area (Å²) >= 11 is 0. The quantitative estimate of drug-likeness (QED) is 0.837. The minimum atomic E-state index is -0.0488. The van der Waals surface area contributed by atoms with Crippen LogP contribution in [0.1, 0.15) is 60.3 Å². The van der Waals surface area contributed by atoms with Crippen LogP contribution in [0.4, 0.5) is 0 Å². The smallest absolute Gasteiger partial charge is 0.0757 e. The van der Waals surface area contributed by atoms with E-state index in [4.69, 9.17) is 10.5 Å². The minimum Gasteiger partial charge on any atom is -0.370 e. The molecule has 1 heterocycles. The van der Waals surface area contributed by atoms with Gasteiger partial charge in [0, 0.05) is 25.2 Å². The fourth-order valence-electron chi connectivity index (χ4n) is 3.86. The highest BCUT2D eigenvalue weighted by Gasteiger charge is 2.45. The van der Waals surface area contributed by atoms with Gasteiger partial charge in [0.15, 0.2) is 0 Å². The Hall–Kier alpha value is -0.120. The molecule has 1 unspecified atom stereocenters. The first-order valence-electron chi connectivity index (χ1n) is 7.81. The summed E-state index contributed by atoms with van der Waals surface area (Å²) in [5.74, 6) is 0. The molecule has 1 saturated carbocycles. The molecule has 2 N–H and O–H groups in total. The highest BCUT2D eigenvalue weighted by atomic mass is 16.5. The van der Waals surface area contributed by atoms with Crippen molar-refractivity contribution in [3.8, 4) is 0 Å². The zero-order valence-electron chi connectivity index (χ0n) is 13.5. The van der Waals surface area contributed by atoms with Crippen molar-refractivity contribution in [2.24, 2.45) is 11.1 Å². The van der Waals surface area contributed by atoms with E-state index >= 15 is 0 Å². The lowest BCUT2D eigenvalue weighted by molar-refractivity contribution is -0.159. The van der Waals surface area contributed by atoms with Gasteiger partial charge in [-0.2, -0.15) is 0 Å². The molecular weight excluding hydrogens is 236 g/mol. The minimum absolute atomic E-state index is 0.0488. The van der Waals surface area contributed by atoms with Gasteiger partial charge in [0.05, 0.1) is 11.7 Å². The van der Waals surface area contributed by atoms with Gasteiger partial charge in [-0.15, -0.1) is 0 Å². The standard InChI is InChI=1S/C16H32N2O/c1-13-10-18(12-15(4,5)19-13)16(11-17)8-6-14(2,3)7-9-16/h13H,6-12,17H2,1-5H3. The molecule has 2 fully saturated rings. The van der Waals surface area contributed by atoms with Gasteiger partial charge in [-0.3, -0.25) is 4.90 Å². The van der Waals surface area contributed by atoms with E-state index < -0.39 is 0 Å². The summed E-state index contributed by atoms with van der Waals surface area (Å²) in [6.07, 6.45) is 5.35. The van der Waals surface area contributed by atoms with E-state index in [1.165, 1.54) is 25.7 Å². The van der Waals surface area contributed by atoms with Crippen LogP contribution in [0.15, 0.2) is 0 Å². The molecule has 0 spiro atoms. The van der Waals surface area contributed by atoms with E-state index in [9.17, 15) is 0 Å². The second kappa shape index (κ2) is 5.01. The van der Waals surface area contributed by atoms with E-state index in [1.54, 1.807) is 0 Å². The molecule has 0 bridgehead atoms. The van der Waals surface area contributed by atoms with Gasteiger partial charge in [0.25, 0.3) is 0 Å². The van der Waals surface area contributed by atoms with Crippen LogP contribution in [0.3, 0.4) is 0 Å². The second-order valence-corrected chi connectivity index (χ2v) is 8.16. The zero-order chi connectivity index (χ0) is 14.3. The van der Waals surface area contributed by atoms with E-state index in [-0.39, 0.29) is 11.1 Å². The summed E-state index contributed by atoms with van der Waals surface area (Å²) in [5.41, 5.74) is 6.87. The summed E-state index contributed by atoms with van der Waals surface area (Å²) in [6, 6.07) is 0. The molecule has 2 rings (SSSR count). The van der Waals surface area contributed by atoms with Crippen molar-refractivity contribution < 1.29 is 4.74 Å². The number of ether oxygens (including phenoxy) is 1. The van der Waals surface area contributed by atoms with Crippen LogP contribution >= 0.6 is 0 Å². The third-order valence-corrected chi connectivity index (χ3v) is 5.15. The van der Waals surface area contributed by atoms with Gasteiger partial charge in [-0.1, -0.05) is 13.8 Å². The van der Waals surface area contributed by atoms with Crippen molar-refractivity contribution in [2.45, 2.75) is 77.5 Å². The fourth-order valence-corrected chi connectivity index (χ4v) is 3.86. The molecule has 3 nitrogen and oxygen atoms in total. The van der Waals surface area contributed by atoms with E-state index in [1.807, 2.05) is 0 Å². The monoisotopic (exact) mass is 268 g/mol. The Labute approximate surface area is 118 Å². The number of nitrogens with zero attached hydrogens (tertiary/aromatic N) is 1. The lowest BCUT2D eigenvalue weighted by Crippen LogP contribution is -2.64. The average Bonchev–Trinajstić information content (AvgIpc) is 2.27. The van der Waals surface area contributed by atoms with Crippen molar-refractivity contribution in [1.82, 2.24) is 4.90 Å². The van der Waals surface area contributed by atoms with Gasteiger partial charge >= 0.3 is 0 Å². The van der Waals surface area contributed by atoms with Crippen LogP contribution in [-0.4, -0.2) is 41.8 Å². The molecule has 3 heteroatoms. The predicted octanol–water partition coefficient (Wildman–Crippen LogP) is 2.78. The first kappa shape index (κ1) is 15.3. The molecule has 1 atom stereocenters. The van der Waals surface area contributed by atoms with Crippen molar-refractivity contribution in [2.75, 3.05) is 19.6 Å². The van der Waals surface area contributed by atoms with E-state index in [2.05, 4.69) is 39.5 Å². The Bertz CT molecular complexity index is 315. The Kier molecular flexibility index (Phi) is 4.03. The van der Waals surface area contributed by atoms with Gasteiger partial charge in [0.2, 0.25) is 0 Å². The van der Waals surface area contributed by atoms with Gasteiger partial charge in [-0.05, 0) is 51.9 Å². The van der Waals surface area contributed by atoms with Gasteiger partial charge < -0.3 is 10.5 Å². The lowest BCUT2D eigenvalue weighted by atomic mass is 9.68. The Morgan fingerprint density at radius 1 is 1.11 bits per heavy atom. The molecular formula is C16H32N2O. The average molecular weight is 268 g/mol. The topological polar surface area (TPSA) is 38.5 Å². The normalized spacial score (nSPS) is 34.1. The molecule has 0 aromatic heterocycles. The first-order chi connectivity index (χ1) is 8.68. The van der Waals surface area contributed by atoms with Crippen molar-refractivity contribution in [3.63, 3.8) is 0 Å². The number of hydrogen-bond acceptors (Lipinski definition) is 3. The fraction of sp³-hybridized carbons (Fsp3) is 1.00. The van der Waals surface area contributed by atoms with Crippen molar-refractivity contribution >= 4 is 0 Å². The van der Waals surface area contributed by atoms with Crippen LogP contribution in [0.25, 0.3) is 0 Å². The molecule has 0 amide bonds. The Morgan fingerprint density at radius 3 is 2.16 bits per heavy atom. The van der Waals surface area contributed by atoms with E-state index in [0.717, 1.165) is 19.6 Å².